The Morgan fingerprint density at radius 1 is 1.10 bits per heavy atom. The number of nitrogens with zero attached hydrogens (tertiary/aromatic N) is 1. The van der Waals surface area contributed by atoms with E-state index in [0.717, 1.165) is 22.5 Å². The van der Waals surface area contributed by atoms with Crippen molar-refractivity contribution in [1.82, 2.24) is 5.32 Å². The highest BCUT2D eigenvalue weighted by molar-refractivity contribution is 6.07. The van der Waals surface area contributed by atoms with Crippen molar-refractivity contribution in [3.8, 4) is 11.1 Å². The monoisotopic (exact) mass is 280 g/mol. The lowest BCUT2D eigenvalue weighted by atomic mass is 9.99. The standard InChI is InChI=1S/C17H16N2O2/c1-21-17(20)15-11-18-16(19-15)14-10-6-5-9-13(14)12-7-3-2-4-8-12/h2-10,15H,11H2,1H3,(H,18,19). The van der Waals surface area contributed by atoms with Gasteiger partial charge in [-0.25, -0.2) is 4.79 Å². The summed E-state index contributed by atoms with van der Waals surface area (Å²) in [7, 11) is 1.39. The Morgan fingerprint density at radius 3 is 2.48 bits per heavy atom. The quantitative estimate of drug-likeness (QED) is 0.877. The van der Waals surface area contributed by atoms with Crippen molar-refractivity contribution in [2.45, 2.75) is 6.04 Å². The lowest BCUT2D eigenvalue weighted by molar-refractivity contribution is -0.142. The fraction of sp³-hybridized carbons (Fsp3) is 0.176. The van der Waals surface area contributed by atoms with E-state index in [0.29, 0.717) is 6.54 Å². The average Bonchev–Trinajstić information content (AvgIpc) is 3.05. The number of carbonyl (C=O) groups excluding carboxylic acids is 1. The summed E-state index contributed by atoms with van der Waals surface area (Å²) in [6.45, 7) is 0.408. The highest BCUT2D eigenvalue weighted by Crippen LogP contribution is 2.24. The van der Waals surface area contributed by atoms with Crippen LogP contribution in [0.25, 0.3) is 11.1 Å². The number of benzene rings is 2. The lowest BCUT2D eigenvalue weighted by Crippen LogP contribution is -2.38. The molecule has 2 aromatic rings. The first kappa shape index (κ1) is 13.4. The van der Waals surface area contributed by atoms with E-state index in [1.165, 1.54) is 7.11 Å². The van der Waals surface area contributed by atoms with Crippen molar-refractivity contribution < 1.29 is 9.53 Å². The molecule has 1 atom stereocenters. The molecule has 1 heterocycles. The normalized spacial score (nSPS) is 17.0. The average molecular weight is 280 g/mol. The molecule has 1 N–H and O–H groups in total. The smallest absolute Gasteiger partial charge is 0.330 e. The van der Waals surface area contributed by atoms with Gasteiger partial charge in [0, 0.05) is 5.56 Å². The maximum Gasteiger partial charge on any atom is 0.330 e. The summed E-state index contributed by atoms with van der Waals surface area (Å²) >= 11 is 0. The molecule has 1 aliphatic rings. The number of aliphatic imine (C=N–C) groups is 1. The summed E-state index contributed by atoms with van der Waals surface area (Å²) in [6.07, 6.45) is 0. The third-order valence-corrected chi connectivity index (χ3v) is 3.50. The number of carbonyl (C=O) groups is 1. The third-order valence-electron chi connectivity index (χ3n) is 3.50. The van der Waals surface area contributed by atoms with Gasteiger partial charge in [-0.3, -0.25) is 4.99 Å². The molecule has 4 heteroatoms. The van der Waals surface area contributed by atoms with Gasteiger partial charge >= 0.3 is 5.97 Å². The Morgan fingerprint density at radius 2 is 1.76 bits per heavy atom. The van der Waals surface area contributed by atoms with Crippen LogP contribution in [0, 0.1) is 0 Å². The molecule has 0 fully saturated rings. The minimum absolute atomic E-state index is 0.286. The molecule has 0 amide bonds. The molecule has 0 bridgehead atoms. The Kier molecular flexibility index (Phi) is 3.69. The molecule has 0 saturated carbocycles. The van der Waals surface area contributed by atoms with Crippen molar-refractivity contribution in [2.75, 3.05) is 13.7 Å². The first-order valence-electron chi connectivity index (χ1n) is 6.83. The van der Waals surface area contributed by atoms with Crippen LogP contribution in [0.15, 0.2) is 59.6 Å². The summed E-state index contributed by atoms with van der Waals surface area (Å²) in [5.41, 5.74) is 3.21. The van der Waals surface area contributed by atoms with Gasteiger partial charge in [0.05, 0.1) is 13.7 Å². The fourth-order valence-electron chi connectivity index (χ4n) is 2.44. The van der Waals surface area contributed by atoms with Crippen LogP contribution in [0.4, 0.5) is 0 Å². The van der Waals surface area contributed by atoms with E-state index in [-0.39, 0.29) is 5.97 Å². The van der Waals surface area contributed by atoms with Gasteiger partial charge in [-0.05, 0) is 11.1 Å². The van der Waals surface area contributed by atoms with Crippen LogP contribution < -0.4 is 5.32 Å². The molecule has 106 valence electrons. The second-order valence-electron chi connectivity index (χ2n) is 4.82. The number of hydrogen-bond donors (Lipinski definition) is 1. The van der Waals surface area contributed by atoms with E-state index in [9.17, 15) is 4.79 Å². The number of nitrogens with one attached hydrogen (secondary N) is 1. The molecule has 0 aromatic heterocycles. The van der Waals surface area contributed by atoms with Gasteiger partial charge in [-0.15, -0.1) is 0 Å². The molecule has 1 aliphatic heterocycles. The molecule has 4 nitrogen and oxygen atoms in total. The molecule has 0 aliphatic carbocycles. The minimum Gasteiger partial charge on any atom is -0.467 e. The second kappa shape index (κ2) is 5.79. The number of hydrogen-bond acceptors (Lipinski definition) is 4. The minimum atomic E-state index is -0.395. The van der Waals surface area contributed by atoms with Crippen molar-refractivity contribution in [3.05, 3.63) is 60.2 Å². The van der Waals surface area contributed by atoms with Crippen LogP contribution in [0.3, 0.4) is 0 Å². The molecular weight excluding hydrogens is 264 g/mol. The van der Waals surface area contributed by atoms with Gasteiger partial charge < -0.3 is 10.1 Å². The first-order chi connectivity index (χ1) is 10.3. The van der Waals surface area contributed by atoms with E-state index in [4.69, 9.17) is 4.74 Å². The van der Waals surface area contributed by atoms with E-state index in [1.54, 1.807) is 0 Å². The van der Waals surface area contributed by atoms with E-state index in [1.807, 2.05) is 36.4 Å². The van der Waals surface area contributed by atoms with Crippen LogP contribution in [0.2, 0.25) is 0 Å². The van der Waals surface area contributed by atoms with Crippen LogP contribution in [-0.4, -0.2) is 31.5 Å². The molecule has 21 heavy (non-hydrogen) atoms. The van der Waals surface area contributed by atoms with Gasteiger partial charge in [-0.1, -0.05) is 54.6 Å². The van der Waals surface area contributed by atoms with Crippen LogP contribution in [0.5, 0.6) is 0 Å². The second-order valence-corrected chi connectivity index (χ2v) is 4.82. The highest BCUT2D eigenvalue weighted by atomic mass is 16.5. The maximum atomic E-state index is 11.6. The van der Waals surface area contributed by atoms with Gasteiger partial charge in [0.25, 0.3) is 0 Å². The van der Waals surface area contributed by atoms with E-state index >= 15 is 0 Å². The molecule has 0 radical (unpaired) electrons. The first-order valence-corrected chi connectivity index (χ1v) is 6.83. The Bertz CT molecular complexity index is 680. The predicted octanol–water partition coefficient (Wildman–Crippen LogP) is 2.25. The predicted molar refractivity (Wildman–Crippen MR) is 82.2 cm³/mol. The highest BCUT2D eigenvalue weighted by Gasteiger charge is 2.26. The lowest BCUT2D eigenvalue weighted by Gasteiger charge is -2.12. The summed E-state index contributed by atoms with van der Waals surface area (Å²) < 4.78 is 4.76. The molecule has 1 unspecified atom stereocenters. The summed E-state index contributed by atoms with van der Waals surface area (Å²) in [5, 5.41) is 3.14. The summed E-state index contributed by atoms with van der Waals surface area (Å²) in [6, 6.07) is 17.8. The molecule has 3 rings (SSSR count). The zero-order valence-electron chi connectivity index (χ0n) is 11.7. The van der Waals surface area contributed by atoms with Crippen molar-refractivity contribution >= 4 is 11.8 Å². The Hall–Kier alpha value is -2.62. The van der Waals surface area contributed by atoms with Gasteiger partial charge in [0.1, 0.15) is 11.9 Å². The Labute approximate surface area is 123 Å². The summed E-state index contributed by atoms with van der Waals surface area (Å²) in [4.78, 5) is 16.0. The number of rotatable bonds is 3. The Balaban J connectivity index is 1.93. The zero-order chi connectivity index (χ0) is 14.7. The number of esters is 1. The number of ether oxygens (including phenoxy) is 1. The molecular formula is C17H16N2O2. The number of amidine groups is 1. The third kappa shape index (κ3) is 2.65. The van der Waals surface area contributed by atoms with Crippen molar-refractivity contribution in [2.24, 2.45) is 4.99 Å². The topological polar surface area (TPSA) is 50.7 Å². The van der Waals surface area contributed by atoms with Crippen LogP contribution in [0.1, 0.15) is 5.56 Å². The molecule has 2 aromatic carbocycles. The van der Waals surface area contributed by atoms with Gasteiger partial charge in [-0.2, -0.15) is 0 Å². The van der Waals surface area contributed by atoms with E-state index in [2.05, 4.69) is 28.5 Å². The zero-order valence-corrected chi connectivity index (χ0v) is 11.7. The fourth-order valence-corrected chi connectivity index (χ4v) is 2.44. The SMILES string of the molecule is COC(=O)C1CN=C(c2ccccc2-c2ccccc2)N1. The van der Waals surface area contributed by atoms with Gasteiger partial charge in [0.2, 0.25) is 0 Å². The van der Waals surface area contributed by atoms with Gasteiger partial charge in [0.15, 0.2) is 0 Å². The van der Waals surface area contributed by atoms with Crippen LogP contribution in [-0.2, 0) is 9.53 Å². The maximum absolute atomic E-state index is 11.6. The number of methoxy groups -OCH3 is 1. The summed E-state index contributed by atoms with van der Waals surface area (Å²) in [5.74, 6) is 0.454. The van der Waals surface area contributed by atoms with E-state index < -0.39 is 6.04 Å². The largest absolute Gasteiger partial charge is 0.467 e. The van der Waals surface area contributed by atoms with Crippen molar-refractivity contribution in [3.63, 3.8) is 0 Å². The van der Waals surface area contributed by atoms with Crippen LogP contribution >= 0.6 is 0 Å². The van der Waals surface area contributed by atoms with Crippen molar-refractivity contribution in [1.29, 1.82) is 0 Å². The molecule has 0 spiro atoms. The molecule has 0 saturated heterocycles.